The molecule has 1 aromatic carbocycles. The zero-order valence-corrected chi connectivity index (χ0v) is 11.8. The second-order valence-electron chi connectivity index (χ2n) is 5.69. The van der Waals surface area contributed by atoms with Gasteiger partial charge in [0.15, 0.2) is 0 Å². The minimum Gasteiger partial charge on any atom is -0.306 e. The molecule has 2 nitrogen and oxygen atoms in total. The second-order valence-corrected chi connectivity index (χ2v) is 5.69. The monoisotopic (exact) mass is 286 g/mol. The van der Waals surface area contributed by atoms with Gasteiger partial charge in [-0.15, -0.1) is 0 Å². The van der Waals surface area contributed by atoms with Gasteiger partial charge in [-0.25, -0.2) is 0 Å². The summed E-state index contributed by atoms with van der Waals surface area (Å²) in [5.74, 6) is 0.210. The van der Waals surface area contributed by atoms with Gasteiger partial charge in [-0.1, -0.05) is 37.3 Å². The molecule has 0 aromatic heterocycles. The molecule has 1 aromatic rings. The van der Waals surface area contributed by atoms with Crippen molar-refractivity contribution in [3.05, 3.63) is 35.9 Å². The van der Waals surface area contributed by atoms with Gasteiger partial charge in [0.2, 0.25) is 0 Å². The molecule has 112 valence electrons. The maximum Gasteiger partial charge on any atom is 0.407 e. The fourth-order valence-corrected chi connectivity index (χ4v) is 2.84. The van der Waals surface area contributed by atoms with Crippen molar-refractivity contribution >= 4 is 0 Å². The molecule has 1 saturated heterocycles. The van der Waals surface area contributed by atoms with Crippen LogP contribution in [0.15, 0.2) is 30.3 Å². The fraction of sp³-hybridized carbons (Fsp3) is 0.600. The summed E-state index contributed by atoms with van der Waals surface area (Å²) in [4.78, 5) is 2.16. The fourth-order valence-electron chi connectivity index (χ4n) is 2.84. The third kappa shape index (κ3) is 3.73. The van der Waals surface area contributed by atoms with Gasteiger partial charge in [-0.2, -0.15) is 13.2 Å². The van der Waals surface area contributed by atoms with Gasteiger partial charge in [0.05, 0.1) is 0 Å². The van der Waals surface area contributed by atoms with Crippen LogP contribution in [-0.4, -0.2) is 37.3 Å². The molecular formula is C15H21F3N2. The molecule has 20 heavy (non-hydrogen) atoms. The van der Waals surface area contributed by atoms with E-state index in [9.17, 15) is 13.2 Å². The van der Waals surface area contributed by atoms with Crippen LogP contribution in [0, 0.1) is 5.92 Å². The maximum atomic E-state index is 13.3. The van der Waals surface area contributed by atoms with Crippen molar-refractivity contribution in [2.45, 2.75) is 31.6 Å². The Morgan fingerprint density at radius 2 is 1.90 bits per heavy atom. The zero-order valence-electron chi connectivity index (χ0n) is 11.8. The van der Waals surface area contributed by atoms with E-state index in [1.165, 1.54) is 12.1 Å². The SMILES string of the molecule is CC1CN(C)CCC1NC(c1ccccc1)C(F)(F)F. The topological polar surface area (TPSA) is 15.3 Å². The number of piperidine rings is 1. The summed E-state index contributed by atoms with van der Waals surface area (Å²) in [6.07, 6.45) is -3.53. The summed E-state index contributed by atoms with van der Waals surface area (Å²) in [7, 11) is 2.01. The van der Waals surface area contributed by atoms with Crippen LogP contribution >= 0.6 is 0 Å². The Morgan fingerprint density at radius 1 is 1.25 bits per heavy atom. The van der Waals surface area contributed by atoms with E-state index < -0.39 is 12.2 Å². The van der Waals surface area contributed by atoms with Gasteiger partial charge in [-0.3, -0.25) is 5.32 Å². The van der Waals surface area contributed by atoms with E-state index in [1.54, 1.807) is 18.2 Å². The average Bonchev–Trinajstić information content (AvgIpc) is 2.37. The van der Waals surface area contributed by atoms with E-state index in [0.717, 1.165) is 19.5 Å². The number of rotatable bonds is 3. The van der Waals surface area contributed by atoms with Gasteiger partial charge in [0.1, 0.15) is 6.04 Å². The van der Waals surface area contributed by atoms with E-state index in [2.05, 4.69) is 10.2 Å². The van der Waals surface area contributed by atoms with Crippen LogP contribution in [0.1, 0.15) is 24.9 Å². The molecule has 1 N–H and O–H groups in total. The predicted molar refractivity (Wildman–Crippen MR) is 73.4 cm³/mol. The largest absolute Gasteiger partial charge is 0.407 e. The van der Waals surface area contributed by atoms with Crippen molar-refractivity contribution in [3.8, 4) is 0 Å². The molecule has 0 bridgehead atoms. The van der Waals surface area contributed by atoms with Gasteiger partial charge in [0.25, 0.3) is 0 Å². The Kier molecular flexibility index (Phi) is 4.70. The lowest BCUT2D eigenvalue weighted by molar-refractivity contribution is -0.161. The molecule has 5 heteroatoms. The Labute approximate surface area is 118 Å². The van der Waals surface area contributed by atoms with Gasteiger partial charge < -0.3 is 4.90 Å². The van der Waals surface area contributed by atoms with Crippen molar-refractivity contribution in [1.29, 1.82) is 0 Å². The standard InChI is InChI=1S/C15H21F3N2/c1-11-10-20(2)9-8-13(11)19-14(15(16,17)18)12-6-4-3-5-7-12/h3-7,11,13-14,19H,8-10H2,1-2H3. The number of nitrogens with one attached hydrogen (secondary N) is 1. The number of hydrogen-bond acceptors (Lipinski definition) is 2. The van der Waals surface area contributed by atoms with E-state index in [4.69, 9.17) is 0 Å². The lowest BCUT2D eigenvalue weighted by Gasteiger charge is -2.38. The molecule has 3 unspecified atom stereocenters. The highest BCUT2D eigenvalue weighted by Gasteiger charge is 2.42. The third-order valence-electron chi connectivity index (χ3n) is 3.95. The molecule has 1 aliphatic heterocycles. The Balaban J connectivity index is 2.13. The summed E-state index contributed by atoms with van der Waals surface area (Å²) in [5.41, 5.74) is 0.283. The molecule has 1 fully saturated rings. The zero-order chi connectivity index (χ0) is 14.8. The van der Waals surface area contributed by atoms with Crippen LogP contribution < -0.4 is 5.32 Å². The molecule has 1 aliphatic rings. The molecule has 1 heterocycles. The minimum absolute atomic E-state index is 0.0990. The number of hydrogen-bond donors (Lipinski definition) is 1. The quantitative estimate of drug-likeness (QED) is 0.918. The highest BCUT2D eigenvalue weighted by Crippen LogP contribution is 2.34. The molecule has 2 rings (SSSR count). The van der Waals surface area contributed by atoms with E-state index >= 15 is 0 Å². The number of halogens is 3. The first-order valence-corrected chi connectivity index (χ1v) is 6.94. The van der Waals surface area contributed by atoms with Crippen molar-refractivity contribution in [1.82, 2.24) is 10.2 Å². The average molecular weight is 286 g/mol. The second kappa shape index (κ2) is 6.14. The third-order valence-corrected chi connectivity index (χ3v) is 3.95. The number of likely N-dealkylation sites (tertiary alicyclic amines) is 1. The predicted octanol–water partition coefficient (Wildman–Crippen LogP) is 3.22. The van der Waals surface area contributed by atoms with Crippen LogP contribution in [0.2, 0.25) is 0 Å². The molecule has 0 amide bonds. The maximum absolute atomic E-state index is 13.3. The molecule has 0 saturated carbocycles. The van der Waals surface area contributed by atoms with Crippen LogP contribution in [0.4, 0.5) is 13.2 Å². The highest BCUT2D eigenvalue weighted by atomic mass is 19.4. The van der Waals surface area contributed by atoms with Gasteiger partial charge in [-0.05, 0) is 31.5 Å². The number of nitrogens with zero attached hydrogens (tertiary/aromatic N) is 1. The van der Waals surface area contributed by atoms with Crippen LogP contribution in [-0.2, 0) is 0 Å². The van der Waals surface area contributed by atoms with Gasteiger partial charge in [0, 0.05) is 12.6 Å². The molecular weight excluding hydrogens is 265 g/mol. The smallest absolute Gasteiger partial charge is 0.306 e. The van der Waals surface area contributed by atoms with Crippen molar-refractivity contribution < 1.29 is 13.2 Å². The number of benzene rings is 1. The molecule has 0 radical (unpaired) electrons. The number of alkyl halides is 3. The lowest BCUT2D eigenvalue weighted by atomic mass is 9.92. The summed E-state index contributed by atoms with van der Waals surface area (Å²) < 4.78 is 39.9. The van der Waals surface area contributed by atoms with Crippen LogP contribution in [0.25, 0.3) is 0 Å². The van der Waals surface area contributed by atoms with E-state index in [0.29, 0.717) is 0 Å². The molecule has 0 aliphatic carbocycles. The van der Waals surface area contributed by atoms with E-state index in [-0.39, 0.29) is 17.5 Å². The van der Waals surface area contributed by atoms with Gasteiger partial charge >= 0.3 is 6.18 Å². The Morgan fingerprint density at radius 3 is 2.45 bits per heavy atom. The molecule has 0 spiro atoms. The van der Waals surface area contributed by atoms with Crippen LogP contribution in [0.5, 0.6) is 0 Å². The Hall–Kier alpha value is -1.07. The van der Waals surface area contributed by atoms with Crippen molar-refractivity contribution in [2.75, 3.05) is 20.1 Å². The highest BCUT2D eigenvalue weighted by molar-refractivity contribution is 5.20. The lowest BCUT2D eigenvalue weighted by Crippen LogP contribution is -2.50. The summed E-state index contributed by atoms with van der Waals surface area (Å²) in [6.45, 7) is 3.67. The molecule has 3 atom stereocenters. The first kappa shape index (κ1) is 15.3. The van der Waals surface area contributed by atoms with Crippen LogP contribution in [0.3, 0.4) is 0 Å². The van der Waals surface area contributed by atoms with Crippen molar-refractivity contribution in [2.24, 2.45) is 5.92 Å². The summed E-state index contributed by atoms with van der Waals surface area (Å²) >= 11 is 0. The Bertz CT molecular complexity index is 419. The minimum atomic E-state index is -4.27. The summed E-state index contributed by atoms with van der Waals surface area (Å²) in [6, 6.07) is 6.41. The summed E-state index contributed by atoms with van der Waals surface area (Å²) in [5, 5.41) is 2.83. The normalized spacial score (nSPS) is 26.4. The van der Waals surface area contributed by atoms with Crippen molar-refractivity contribution in [3.63, 3.8) is 0 Å². The first-order valence-electron chi connectivity index (χ1n) is 6.94. The first-order chi connectivity index (χ1) is 9.38. The van der Waals surface area contributed by atoms with E-state index in [1.807, 2.05) is 14.0 Å².